The molecule has 2 aliphatic rings. The second-order valence-corrected chi connectivity index (χ2v) is 5.37. The summed E-state index contributed by atoms with van der Waals surface area (Å²) in [5.41, 5.74) is 0.0560. The van der Waals surface area contributed by atoms with Crippen LogP contribution in [0.15, 0.2) is 17.2 Å². The summed E-state index contributed by atoms with van der Waals surface area (Å²) in [7, 11) is 1.96. The number of anilines is 1. The Labute approximate surface area is 107 Å². The third-order valence-electron chi connectivity index (χ3n) is 3.81. The first kappa shape index (κ1) is 11.7. The average molecular weight is 248 g/mol. The zero-order chi connectivity index (χ0) is 12.5. The molecule has 1 saturated heterocycles. The smallest absolute Gasteiger partial charge is 0.293 e. The summed E-state index contributed by atoms with van der Waals surface area (Å²) in [6.07, 6.45) is 8.22. The summed E-state index contributed by atoms with van der Waals surface area (Å²) in [6, 6.07) is 0.906. The van der Waals surface area contributed by atoms with Gasteiger partial charge in [0.05, 0.1) is 0 Å². The molecule has 1 atom stereocenters. The van der Waals surface area contributed by atoms with E-state index in [4.69, 9.17) is 0 Å². The second kappa shape index (κ2) is 4.72. The van der Waals surface area contributed by atoms with Crippen LogP contribution in [0.5, 0.6) is 0 Å². The molecule has 18 heavy (non-hydrogen) atoms. The Bertz CT molecular complexity index is 474. The van der Waals surface area contributed by atoms with Gasteiger partial charge in [-0.2, -0.15) is 0 Å². The molecule has 0 radical (unpaired) electrons. The first-order chi connectivity index (χ1) is 8.75. The van der Waals surface area contributed by atoms with Crippen LogP contribution < -0.4 is 15.8 Å². The van der Waals surface area contributed by atoms with E-state index in [9.17, 15) is 4.79 Å². The summed E-state index contributed by atoms with van der Waals surface area (Å²) in [4.78, 5) is 18.6. The Morgan fingerprint density at radius 3 is 3.00 bits per heavy atom. The zero-order valence-corrected chi connectivity index (χ0v) is 10.8. The number of nitrogens with zero attached hydrogens (tertiary/aromatic N) is 3. The van der Waals surface area contributed by atoms with Gasteiger partial charge in [0.1, 0.15) is 0 Å². The minimum absolute atomic E-state index is 0.0560. The van der Waals surface area contributed by atoms with Crippen molar-refractivity contribution < 1.29 is 0 Å². The quantitative estimate of drug-likeness (QED) is 0.855. The third kappa shape index (κ3) is 2.27. The molecular weight excluding hydrogens is 228 g/mol. The Balaban J connectivity index is 1.77. The maximum Gasteiger partial charge on any atom is 0.293 e. The van der Waals surface area contributed by atoms with Gasteiger partial charge in [0, 0.05) is 38.1 Å². The van der Waals surface area contributed by atoms with Crippen molar-refractivity contribution in [3.8, 4) is 0 Å². The van der Waals surface area contributed by atoms with Gasteiger partial charge in [-0.1, -0.05) is 0 Å². The fourth-order valence-corrected chi connectivity index (χ4v) is 2.65. The number of nitrogens with one attached hydrogen (secondary N) is 1. The molecule has 1 aliphatic carbocycles. The molecular formula is C13H20N4O. The van der Waals surface area contributed by atoms with Gasteiger partial charge in [-0.3, -0.25) is 4.79 Å². The van der Waals surface area contributed by atoms with E-state index in [1.54, 1.807) is 6.20 Å². The number of rotatable bonds is 4. The summed E-state index contributed by atoms with van der Waals surface area (Å²) >= 11 is 0. The van der Waals surface area contributed by atoms with E-state index >= 15 is 0 Å². The molecule has 0 bridgehead atoms. The lowest BCUT2D eigenvalue weighted by Gasteiger charge is -2.22. The monoisotopic (exact) mass is 248 g/mol. The van der Waals surface area contributed by atoms with Crippen LogP contribution in [-0.4, -0.2) is 35.7 Å². The SMILES string of the molecule is CN(CC1CCCN1)c1nccn(C2CC2)c1=O. The van der Waals surface area contributed by atoms with Crippen molar-refractivity contribution in [2.45, 2.75) is 37.8 Å². The summed E-state index contributed by atoms with van der Waals surface area (Å²) in [5, 5.41) is 3.45. The van der Waals surface area contributed by atoms with Crippen LogP contribution in [0.4, 0.5) is 5.82 Å². The van der Waals surface area contributed by atoms with Crippen LogP contribution in [0.1, 0.15) is 31.7 Å². The second-order valence-electron chi connectivity index (χ2n) is 5.37. The zero-order valence-electron chi connectivity index (χ0n) is 10.8. The number of hydrogen-bond acceptors (Lipinski definition) is 4. The van der Waals surface area contributed by atoms with E-state index in [1.165, 1.54) is 12.8 Å². The Kier molecular flexibility index (Phi) is 3.07. The van der Waals surface area contributed by atoms with Gasteiger partial charge in [-0.25, -0.2) is 4.98 Å². The highest BCUT2D eigenvalue weighted by molar-refractivity contribution is 5.35. The third-order valence-corrected chi connectivity index (χ3v) is 3.81. The van der Waals surface area contributed by atoms with Crippen LogP contribution >= 0.6 is 0 Å². The number of hydrogen-bond donors (Lipinski definition) is 1. The molecule has 98 valence electrons. The van der Waals surface area contributed by atoms with Gasteiger partial charge < -0.3 is 14.8 Å². The van der Waals surface area contributed by atoms with Gasteiger partial charge in [0.2, 0.25) is 0 Å². The normalized spacial score (nSPS) is 23.3. The highest BCUT2D eigenvalue weighted by Crippen LogP contribution is 2.33. The summed E-state index contributed by atoms with van der Waals surface area (Å²) in [6.45, 7) is 1.95. The lowest BCUT2D eigenvalue weighted by atomic mass is 10.2. The molecule has 5 nitrogen and oxygen atoms in total. The van der Waals surface area contributed by atoms with Crippen molar-refractivity contribution in [2.24, 2.45) is 0 Å². The fourth-order valence-electron chi connectivity index (χ4n) is 2.65. The van der Waals surface area contributed by atoms with Gasteiger partial charge in [0.15, 0.2) is 5.82 Å². The van der Waals surface area contributed by atoms with E-state index in [-0.39, 0.29) is 5.56 Å². The molecule has 1 aliphatic heterocycles. The van der Waals surface area contributed by atoms with Crippen LogP contribution in [0, 0.1) is 0 Å². The van der Waals surface area contributed by atoms with E-state index in [0.29, 0.717) is 17.9 Å². The maximum absolute atomic E-state index is 12.3. The van der Waals surface area contributed by atoms with Crippen molar-refractivity contribution in [1.29, 1.82) is 0 Å². The molecule has 0 aromatic carbocycles. The minimum atomic E-state index is 0.0560. The van der Waals surface area contributed by atoms with E-state index in [1.807, 2.05) is 22.7 Å². The standard InChI is InChI=1S/C13H20N4O/c1-16(9-10-3-2-6-14-10)12-13(18)17(8-7-15-12)11-4-5-11/h7-8,10-11,14H,2-6,9H2,1H3. The van der Waals surface area contributed by atoms with Crippen LogP contribution in [0.2, 0.25) is 0 Å². The molecule has 0 amide bonds. The minimum Gasteiger partial charge on any atom is -0.354 e. The molecule has 3 rings (SSSR count). The molecule has 5 heteroatoms. The summed E-state index contributed by atoms with van der Waals surface area (Å²) < 4.78 is 1.83. The van der Waals surface area contributed by atoms with E-state index in [0.717, 1.165) is 25.9 Å². The number of likely N-dealkylation sites (N-methyl/N-ethyl adjacent to an activating group) is 1. The first-order valence-corrected chi connectivity index (χ1v) is 6.77. The lowest BCUT2D eigenvalue weighted by Crippen LogP contribution is -2.39. The highest BCUT2D eigenvalue weighted by atomic mass is 16.1. The molecule has 2 heterocycles. The van der Waals surface area contributed by atoms with Gasteiger partial charge in [0.25, 0.3) is 5.56 Å². The Morgan fingerprint density at radius 1 is 1.50 bits per heavy atom. The molecule has 1 unspecified atom stereocenters. The van der Waals surface area contributed by atoms with Crippen LogP contribution in [0.3, 0.4) is 0 Å². The highest BCUT2D eigenvalue weighted by Gasteiger charge is 2.26. The van der Waals surface area contributed by atoms with Crippen molar-refractivity contribution in [2.75, 3.05) is 25.0 Å². The molecule has 1 N–H and O–H groups in total. The largest absolute Gasteiger partial charge is 0.354 e. The average Bonchev–Trinajstić information content (AvgIpc) is 3.08. The van der Waals surface area contributed by atoms with Crippen LogP contribution in [0.25, 0.3) is 0 Å². The van der Waals surface area contributed by atoms with Crippen molar-refractivity contribution in [1.82, 2.24) is 14.9 Å². The molecule has 1 aromatic rings. The number of aromatic nitrogens is 2. The van der Waals surface area contributed by atoms with Crippen molar-refractivity contribution >= 4 is 5.82 Å². The van der Waals surface area contributed by atoms with E-state index in [2.05, 4.69) is 10.3 Å². The molecule has 1 saturated carbocycles. The first-order valence-electron chi connectivity index (χ1n) is 6.77. The Hall–Kier alpha value is -1.36. The van der Waals surface area contributed by atoms with Gasteiger partial charge in [-0.15, -0.1) is 0 Å². The molecule has 1 aromatic heterocycles. The Morgan fingerprint density at radius 2 is 2.33 bits per heavy atom. The molecule has 2 fully saturated rings. The molecule has 0 spiro atoms. The maximum atomic E-state index is 12.3. The lowest BCUT2D eigenvalue weighted by molar-refractivity contribution is 0.592. The summed E-state index contributed by atoms with van der Waals surface area (Å²) in [5.74, 6) is 0.582. The van der Waals surface area contributed by atoms with E-state index < -0.39 is 0 Å². The predicted molar refractivity (Wildman–Crippen MR) is 71.1 cm³/mol. The predicted octanol–water partition coefficient (Wildman–Crippen LogP) is 0.766. The van der Waals surface area contributed by atoms with Crippen molar-refractivity contribution in [3.63, 3.8) is 0 Å². The van der Waals surface area contributed by atoms with Gasteiger partial charge in [-0.05, 0) is 32.2 Å². The topological polar surface area (TPSA) is 50.2 Å². The van der Waals surface area contributed by atoms with Crippen molar-refractivity contribution in [3.05, 3.63) is 22.7 Å². The van der Waals surface area contributed by atoms with Crippen LogP contribution in [-0.2, 0) is 0 Å². The van der Waals surface area contributed by atoms with Gasteiger partial charge >= 0.3 is 0 Å². The fraction of sp³-hybridized carbons (Fsp3) is 0.692.